The SMILES string of the molecule is CC#CC#CC#CC#CC#CC#CC#CC#CC#CC#CC#CC#CC(=O)N[C@@H](CO[C@H]1OC(COS(=O)(=O)[O-])[C@H](C)[C@H](C)C1C)[C@H](OCc1ccccc1)[C@@H](C=CCCCCCCCCCCCC)OCc1ccccc1.[HH].[HH].[HH].[HH].[HH].[HH].[HH].[HH].[HH].[HH].[HH].[HH].[HH].[HH].[HH].[HH].[HH].[HH].[HH].[HH].[HH].[HH].[HH].[HH].[Na+]. The smallest absolute Gasteiger partial charge is 0.726 e. The predicted molar refractivity (Wildman–Crippen MR) is 355 cm³/mol. The van der Waals surface area contributed by atoms with Crippen LogP contribution in [0.2, 0.25) is 0 Å². The van der Waals surface area contributed by atoms with Crippen molar-refractivity contribution in [1.29, 1.82) is 0 Å². The van der Waals surface area contributed by atoms with Gasteiger partial charge in [0.2, 0.25) is 10.4 Å². The quantitative estimate of drug-likeness (QED) is 0.0232. The van der Waals surface area contributed by atoms with Crippen LogP contribution in [0.1, 0.15) is 151 Å². The van der Waals surface area contributed by atoms with E-state index in [0.29, 0.717) is 0 Å². The first-order chi connectivity index (χ1) is 38.0. The Balaban J connectivity index is -0.000000122. The molecule has 2 aromatic carbocycles. The van der Waals surface area contributed by atoms with Gasteiger partial charge in [0, 0.05) is 81.6 Å². The number of rotatable bonds is 27. The van der Waals surface area contributed by atoms with E-state index < -0.39 is 53.6 Å². The molecule has 1 N–H and O–H groups in total. The number of unbranched alkanes of at least 4 members (excludes halogenated alkanes) is 10. The molecular weight excluding hydrogens is 1020 g/mol. The number of amides is 1. The number of carbonyl (C=O) groups is 1. The van der Waals surface area contributed by atoms with Gasteiger partial charge in [0.15, 0.2) is 6.29 Å². The topological polar surface area (TPSA) is 132 Å². The third kappa shape index (κ3) is 33.2. The van der Waals surface area contributed by atoms with E-state index in [1.807, 2.05) is 87.5 Å². The maximum Gasteiger partial charge on any atom is 1.00 e. The fourth-order valence-electron chi connectivity index (χ4n) is 7.63. The van der Waals surface area contributed by atoms with Crippen molar-refractivity contribution in [3.8, 4) is 142 Å². The predicted octanol–water partition coefficient (Wildman–Crippen LogP) is 11.6. The Bertz CT molecular complexity index is 3240. The van der Waals surface area contributed by atoms with Gasteiger partial charge in [-0.1, -0.05) is 164 Å². The van der Waals surface area contributed by atoms with Crippen LogP contribution in [0.25, 0.3) is 0 Å². The van der Waals surface area contributed by atoms with Crippen LogP contribution in [0.4, 0.5) is 0 Å². The van der Waals surface area contributed by atoms with Crippen molar-refractivity contribution in [2.75, 3.05) is 13.2 Å². The minimum atomic E-state index is -4.97. The minimum absolute atomic E-state index is 0. The van der Waals surface area contributed by atoms with E-state index in [9.17, 15) is 17.8 Å². The first kappa shape index (κ1) is 68.2. The number of hydrogen-bond acceptors (Lipinski definition) is 9. The number of nitrogens with one attached hydrogen (secondary N) is 1. The van der Waals surface area contributed by atoms with Gasteiger partial charge in [0.1, 0.15) is 12.2 Å². The molecule has 3 rings (SSSR count). The maximum atomic E-state index is 13.8. The molecule has 448 valence electrons. The number of carbonyl (C=O) groups excluding carboxylic acids is 1. The summed E-state index contributed by atoms with van der Waals surface area (Å²) < 4.78 is 65.3. The van der Waals surface area contributed by atoms with Crippen LogP contribution in [-0.2, 0) is 51.5 Å². The summed E-state index contributed by atoms with van der Waals surface area (Å²) in [4.78, 5) is 13.8. The molecule has 1 aliphatic heterocycles. The number of allylic oxidation sites excluding steroid dienone is 1. The monoisotopic (exact) mass is 1130 g/mol. The standard InChI is InChI=1S/C67H67NO9S.Na.24H2/c1-6-8-10-12-14-16-18-20-21-22-23-24-25-26-27-28-29-30-32-34-36-38-46-52-65(69)68-62(55-75-67-59(5)57(3)58(4)64(77-67)56-76-78(70,71)72)66(74-54-61-49-43-40-44-50-61)63(73-53-60-47-41-39-42-48-60)51-45-37-35-33-31-19-17-15-13-11-9-7-2;;;;;;;;;;;;;;;;;;;;;;;;;/h39-45,47-51,57-59,62-64,66-67H,7,9,11,13,15,17,19,31,33,35,37,53-56H2,1-5H3,(H,68,69)(H,70,71,72);;24*1H/q;+1;;;;;;;;;;;;;;;;;;;;;;;;/p-1/t57-,58+,59?,62-,63+,64?,66-,67-;;;;;;;;;;;;;;;;;;;;;;;;;/m0........................./s1. The molecule has 2 unspecified atom stereocenters. The zero-order valence-electron chi connectivity index (χ0n) is 46.2. The van der Waals surface area contributed by atoms with E-state index in [1.165, 1.54) is 51.4 Å². The van der Waals surface area contributed by atoms with Gasteiger partial charge in [0.05, 0.1) is 38.6 Å². The molecule has 1 aliphatic rings. The molecule has 0 aromatic heterocycles. The Labute approximate surface area is 530 Å². The van der Waals surface area contributed by atoms with Gasteiger partial charge in [-0.25, -0.2) is 8.42 Å². The van der Waals surface area contributed by atoms with Gasteiger partial charge in [-0.15, -0.1) is 0 Å². The van der Waals surface area contributed by atoms with Gasteiger partial charge in [0.25, 0.3) is 5.91 Å². The molecule has 0 spiro atoms. The first-order valence-electron chi connectivity index (χ1n) is 26.1. The van der Waals surface area contributed by atoms with Crippen LogP contribution in [0.5, 0.6) is 0 Å². The largest absolute Gasteiger partial charge is 1.00 e. The van der Waals surface area contributed by atoms with Crippen molar-refractivity contribution in [3.63, 3.8) is 0 Å². The molecule has 8 atom stereocenters. The van der Waals surface area contributed by atoms with Crippen LogP contribution in [0.3, 0.4) is 0 Å². The van der Waals surface area contributed by atoms with Crippen LogP contribution >= 0.6 is 0 Å². The molecule has 79 heavy (non-hydrogen) atoms. The molecule has 2 aromatic rings. The van der Waals surface area contributed by atoms with E-state index in [4.69, 9.17) is 18.9 Å². The van der Waals surface area contributed by atoms with Crippen molar-refractivity contribution in [2.45, 2.75) is 149 Å². The number of benzene rings is 2. The fourth-order valence-corrected chi connectivity index (χ4v) is 7.93. The molecule has 10 nitrogen and oxygen atoms in total. The molecule has 0 saturated carbocycles. The Hall–Kier alpha value is -6.92. The second-order valence-corrected chi connectivity index (χ2v) is 18.8. The maximum absolute atomic E-state index is 13.8. The molecule has 0 bridgehead atoms. The summed E-state index contributed by atoms with van der Waals surface area (Å²) in [5.41, 5.74) is 1.84. The van der Waals surface area contributed by atoms with Crippen LogP contribution in [0.15, 0.2) is 72.8 Å². The third-order valence-corrected chi connectivity index (χ3v) is 12.5. The molecule has 0 radical (unpaired) electrons. The average molecular weight is 1130 g/mol. The van der Waals surface area contributed by atoms with Gasteiger partial charge >= 0.3 is 29.6 Å². The number of hydrogen-bond donors (Lipinski definition) is 1. The molecular formula is C67H114NNaO9S. The van der Waals surface area contributed by atoms with Crippen molar-refractivity contribution in [1.82, 2.24) is 5.32 Å². The van der Waals surface area contributed by atoms with Crippen molar-refractivity contribution < 1.29 is 105 Å². The molecule has 12 heteroatoms. The van der Waals surface area contributed by atoms with Gasteiger partial charge in [-0.3, -0.25) is 8.98 Å². The summed E-state index contributed by atoms with van der Waals surface area (Å²) >= 11 is 0. The summed E-state index contributed by atoms with van der Waals surface area (Å²) in [6.07, 6.45) is 14.0. The zero-order chi connectivity index (χ0) is 56.2. The Kier molecular flexibility index (Phi) is 38.0. The van der Waals surface area contributed by atoms with Gasteiger partial charge in [-0.05, 0) is 137 Å². The molecule has 1 fully saturated rings. The summed E-state index contributed by atoms with van der Waals surface area (Å²) in [5.74, 6) is 60.0. The van der Waals surface area contributed by atoms with E-state index in [-0.39, 0.29) is 101 Å². The van der Waals surface area contributed by atoms with Gasteiger partial charge in [-0.2, -0.15) is 0 Å². The molecule has 1 heterocycles. The summed E-state index contributed by atoms with van der Waals surface area (Å²) in [7, 11) is -4.97. The number of ether oxygens (including phenoxy) is 4. The van der Waals surface area contributed by atoms with E-state index in [0.717, 1.165) is 30.4 Å². The van der Waals surface area contributed by atoms with E-state index in [2.05, 4.69) is 165 Å². The van der Waals surface area contributed by atoms with Crippen molar-refractivity contribution in [2.24, 2.45) is 17.8 Å². The van der Waals surface area contributed by atoms with Crippen LogP contribution in [-0.4, -0.2) is 62.7 Å². The minimum Gasteiger partial charge on any atom is -0.726 e. The van der Waals surface area contributed by atoms with E-state index >= 15 is 0 Å². The normalized spacial score (nSPS) is 16.4. The second-order valence-electron chi connectivity index (χ2n) is 17.8. The zero-order valence-corrected chi connectivity index (χ0v) is 49.1. The first-order valence-corrected chi connectivity index (χ1v) is 27.4. The summed E-state index contributed by atoms with van der Waals surface area (Å²) in [6, 6.07) is 18.5. The molecule has 0 aliphatic carbocycles. The van der Waals surface area contributed by atoms with Crippen LogP contribution < -0.4 is 34.9 Å². The van der Waals surface area contributed by atoms with Crippen LogP contribution in [0, 0.1) is 160 Å². The second kappa shape index (κ2) is 44.0. The van der Waals surface area contributed by atoms with Crippen molar-refractivity contribution >= 4 is 16.3 Å². The van der Waals surface area contributed by atoms with Crippen molar-refractivity contribution in [3.05, 3.63) is 83.9 Å². The Morgan fingerprint density at radius 3 is 1.54 bits per heavy atom. The summed E-state index contributed by atoms with van der Waals surface area (Å²) in [5, 5.41) is 3.01. The third-order valence-electron chi connectivity index (χ3n) is 12.1. The Morgan fingerprint density at radius 2 is 1.08 bits per heavy atom. The molecule has 1 saturated heterocycles. The Morgan fingerprint density at radius 1 is 0.633 bits per heavy atom. The summed E-state index contributed by atoms with van der Waals surface area (Å²) in [6.45, 7) is 9.60. The average Bonchev–Trinajstić information content (AvgIpc) is 0.817. The van der Waals surface area contributed by atoms with E-state index in [1.54, 1.807) is 6.92 Å². The fraction of sp³-hybridized carbons (Fsp3) is 0.418. The van der Waals surface area contributed by atoms with Gasteiger partial charge < -0.3 is 28.8 Å². The molecule has 1 amide bonds.